The first kappa shape index (κ1) is 27.3. The predicted octanol–water partition coefficient (Wildman–Crippen LogP) is 4.82. The van der Waals surface area contributed by atoms with Crippen LogP contribution in [0.3, 0.4) is 0 Å². The summed E-state index contributed by atoms with van der Waals surface area (Å²) in [5, 5.41) is 8.95. The largest absolute Gasteiger partial charge is 0.494 e. The summed E-state index contributed by atoms with van der Waals surface area (Å²) in [6.45, 7) is 7.13. The van der Waals surface area contributed by atoms with Gasteiger partial charge in [-0.05, 0) is 90.0 Å². The van der Waals surface area contributed by atoms with Crippen LogP contribution in [0.5, 0.6) is 17.2 Å². The Morgan fingerprint density at radius 3 is 2.13 bits per heavy atom. The van der Waals surface area contributed by atoms with E-state index in [9.17, 15) is 14.4 Å². The first-order valence-corrected chi connectivity index (χ1v) is 12.4. The van der Waals surface area contributed by atoms with Crippen molar-refractivity contribution in [3.05, 3.63) is 102 Å². The van der Waals surface area contributed by atoms with Crippen LogP contribution < -0.4 is 14.2 Å². The standard InChI is InChI=1S/C31H28O8/c1-3-29(33)37-15-5-4-14-36-26-11-13-28-23(18-26)17-22-16-21(6-12-27(22)28)31(35)39-25-9-7-24(8-10-25)38-30(34)20(2)19-32/h3,6-13,16,18,32H,1-2,4-5,14-15,17,19H2. The van der Waals surface area contributed by atoms with Crippen molar-refractivity contribution in [1.29, 1.82) is 0 Å². The molecule has 8 nitrogen and oxygen atoms in total. The molecule has 1 N–H and O–H groups in total. The fraction of sp³-hybridized carbons (Fsp3) is 0.194. The molecule has 0 radical (unpaired) electrons. The number of hydrogen-bond acceptors (Lipinski definition) is 8. The average Bonchev–Trinajstić information content (AvgIpc) is 3.32. The second kappa shape index (κ2) is 12.7. The van der Waals surface area contributed by atoms with Crippen molar-refractivity contribution in [2.45, 2.75) is 19.3 Å². The highest BCUT2D eigenvalue weighted by molar-refractivity contribution is 5.93. The third kappa shape index (κ3) is 7.00. The molecule has 0 unspecified atom stereocenters. The van der Waals surface area contributed by atoms with Gasteiger partial charge >= 0.3 is 17.9 Å². The van der Waals surface area contributed by atoms with Gasteiger partial charge in [-0.15, -0.1) is 0 Å². The minimum Gasteiger partial charge on any atom is -0.494 e. The van der Waals surface area contributed by atoms with Gasteiger partial charge in [-0.25, -0.2) is 14.4 Å². The zero-order valence-electron chi connectivity index (χ0n) is 21.3. The lowest BCUT2D eigenvalue weighted by Gasteiger charge is -2.09. The number of hydrogen-bond donors (Lipinski definition) is 1. The maximum atomic E-state index is 12.8. The zero-order chi connectivity index (χ0) is 27.8. The number of unbranched alkanes of at least 4 members (excludes halogenated alkanes) is 1. The molecule has 4 rings (SSSR count). The molecule has 0 atom stereocenters. The third-order valence-corrected chi connectivity index (χ3v) is 6.03. The van der Waals surface area contributed by atoms with Crippen LogP contribution in [0.4, 0.5) is 0 Å². The van der Waals surface area contributed by atoms with E-state index in [1.165, 1.54) is 24.3 Å². The van der Waals surface area contributed by atoms with Crippen molar-refractivity contribution in [3.63, 3.8) is 0 Å². The Hall–Kier alpha value is -4.69. The summed E-state index contributed by atoms with van der Waals surface area (Å²) < 4.78 is 21.4. The van der Waals surface area contributed by atoms with E-state index in [4.69, 9.17) is 24.1 Å². The molecule has 1 aliphatic rings. The molecule has 3 aromatic rings. The number of aliphatic hydroxyl groups excluding tert-OH is 1. The van der Waals surface area contributed by atoms with E-state index in [2.05, 4.69) is 13.2 Å². The second-order valence-electron chi connectivity index (χ2n) is 8.81. The third-order valence-electron chi connectivity index (χ3n) is 6.03. The molecule has 0 fully saturated rings. The smallest absolute Gasteiger partial charge is 0.343 e. The first-order chi connectivity index (χ1) is 18.9. The number of fused-ring (bicyclic) bond motifs is 3. The molecule has 0 spiro atoms. The van der Waals surface area contributed by atoms with Crippen LogP contribution in [0.25, 0.3) is 11.1 Å². The van der Waals surface area contributed by atoms with Crippen LogP contribution in [0, 0.1) is 0 Å². The minimum atomic E-state index is -0.733. The molecule has 0 aromatic heterocycles. The Morgan fingerprint density at radius 1 is 0.821 bits per heavy atom. The molecule has 8 heteroatoms. The Morgan fingerprint density at radius 2 is 1.44 bits per heavy atom. The van der Waals surface area contributed by atoms with E-state index >= 15 is 0 Å². The Labute approximate surface area is 226 Å². The van der Waals surface area contributed by atoms with E-state index < -0.39 is 24.5 Å². The number of ether oxygens (including phenoxy) is 4. The highest BCUT2D eigenvalue weighted by Crippen LogP contribution is 2.39. The van der Waals surface area contributed by atoms with E-state index in [0.29, 0.717) is 37.4 Å². The van der Waals surface area contributed by atoms with Crippen LogP contribution in [-0.4, -0.2) is 42.8 Å². The van der Waals surface area contributed by atoms with Gasteiger partial charge in [-0.3, -0.25) is 0 Å². The topological polar surface area (TPSA) is 108 Å². The summed E-state index contributed by atoms with van der Waals surface area (Å²) in [4.78, 5) is 35.5. The van der Waals surface area contributed by atoms with Crippen molar-refractivity contribution in [3.8, 4) is 28.4 Å². The highest BCUT2D eigenvalue weighted by atomic mass is 16.5. The Balaban J connectivity index is 1.31. The van der Waals surface area contributed by atoms with Gasteiger partial charge in [-0.2, -0.15) is 0 Å². The molecule has 3 aromatic carbocycles. The van der Waals surface area contributed by atoms with E-state index in [1.807, 2.05) is 30.3 Å². The van der Waals surface area contributed by atoms with Crippen LogP contribution in [-0.2, 0) is 20.7 Å². The summed E-state index contributed by atoms with van der Waals surface area (Å²) in [5.41, 5.74) is 4.66. The lowest BCUT2D eigenvalue weighted by Crippen LogP contribution is -2.13. The second-order valence-corrected chi connectivity index (χ2v) is 8.81. The quantitative estimate of drug-likeness (QED) is 0.121. The van der Waals surface area contributed by atoms with Gasteiger partial charge in [-0.1, -0.05) is 25.3 Å². The molecule has 0 bridgehead atoms. The zero-order valence-corrected chi connectivity index (χ0v) is 21.3. The van der Waals surface area contributed by atoms with Gasteiger partial charge in [0, 0.05) is 6.08 Å². The fourth-order valence-electron chi connectivity index (χ4n) is 4.02. The summed E-state index contributed by atoms with van der Waals surface area (Å²) in [6.07, 6.45) is 3.26. The van der Waals surface area contributed by atoms with Crippen LogP contribution in [0.2, 0.25) is 0 Å². The molecule has 0 heterocycles. The summed E-state index contributed by atoms with van der Waals surface area (Å²) in [7, 11) is 0. The normalized spacial score (nSPS) is 11.1. The molecule has 39 heavy (non-hydrogen) atoms. The monoisotopic (exact) mass is 528 g/mol. The van der Waals surface area contributed by atoms with Crippen LogP contribution in [0.15, 0.2) is 85.5 Å². The van der Waals surface area contributed by atoms with Crippen molar-refractivity contribution in [1.82, 2.24) is 0 Å². The number of carbonyl (C=O) groups is 3. The van der Waals surface area contributed by atoms with Gasteiger partial charge in [0.1, 0.15) is 17.2 Å². The first-order valence-electron chi connectivity index (χ1n) is 12.4. The van der Waals surface area contributed by atoms with Crippen molar-refractivity contribution >= 4 is 17.9 Å². The highest BCUT2D eigenvalue weighted by Gasteiger charge is 2.21. The maximum absolute atomic E-state index is 12.8. The van der Waals surface area contributed by atoms with Gasteiger partial charge in [0.15, 0.2) is 0 Å². The maximum Gasteiger partial charge on any atom is 0.343 e. The van der Waals surface area contributed by atoms with Crippen LogP contribution in [0.1, 0.15) is 34.3 Å². The van der Waals surface area contributed by atoms with Gasteiger partial charge < -0.3 is 24.1 Å². The molecule has 0 saturated heterocycles. The molecule has 0 aliphatic heterocycles. The minimum absolute atomic E-state index is 0.0614. The summed E-state index contributed by atoms with van der Waals surface area (Å²) in [6, 6.07) is 17.4. The van der Waals surface area contributed by atoms with Gasteiger partial charge in [0.25, 0.3) is 0 Å². The fourth-order valence-corrected chi connectivity index (χ4v) is 4.02. The van der Waals surface area contributed by atoms with E-state index in [-0.39, 0.29) is 11.3 Å². The van der Waals surface area contributed by atoms with Crippen molar-refractivity contribution in [2.24, 2.45) is 0 Å². The number of benzene rings is 3. The van der Waals surface area contributed by atoms with Crippen molar-refractivity contribution in [2.75, 3.05) is 19.8 Å². The lowest BCUT2D eigenvalue weighted by atomic mass is 10.0. The molecule has 200 valence electrons. The van der Waals surface area contributed by atoms with Crippen LogP contribution >= 0.6 is 0 Å². The van der Waals surface area contributed by atoms with E-state index in [0.717, 1.165) is 40.5 Å². The number of rotatable bonds is 12. The number of esters is 3. The summed E-state index contributed by atoms with van der Waals surface area (Å²) >= 11 is 0. The number of aliphatic hydroxyl groups is 1. The Kier molecular flexibility index (Phi) is 8.91. The lowest BCUT2D eigenvalue weighted by molar-refractivity contribution is -0.138. The SMILES string of the molecule is C=CC(=O)OCCCCOc1ccc2c(c1)Cc1cc(C(=O)Oc3ccc(OC(=O)C(=C)CO)cc3)ccc1-2. The summed E-state index contributed by atoms with van der Waals surface area (Å²) in [5.74, 6) is -0.364. The molecular formula is C31H28O8. The molecular weight excluding hydrogens is 500 g/mol. The average molecular weight is 529 g/mol. The van der Waals surface area contributed by atoms with Gasteiger partial charge in [0.2, 0.25) is 0 Å². The van der Waals surface area contributed by atoms with E-state index in [1.54, 1.807) is 6.07 Å². The Bertz CT molecular complexity index is 1400. The number of carbonyl (C=O) groups excluding carboxylic acids is 3. The predicted molar refractivity (Wildman–Crippen MR) is 144 cm³/mol. The van der Waals surface area contributed by atoms with Crippen molar-refractivity contribution < 1.29 is 38.4 Å². The molecule has 1 aliphatic carbocycles. The molecule has 0 saturated carbocycles. The van der Waals surface area contributed by atoms with Gasteiger partial charge in [0.05, 0.1) is 31.0 Å². The molecule has 0 amide bonds.